The van der Waals surface area contributed by atoms with E-state index in [-0.39, 0.29) is 23.4 Å². The monoisotopic (exact) mass is 598 g/mol. The van der Waals surface area contributed by atoms with E-state index in [0.717, 1.165) is 40.0 Å². The van der Waals surface area contributed by atoms with Crippen molar-refractivity contribution in [2.45, 2.75) is 32.6 Å². The number of thiol groups is 1. The van der Waals surface area contributed by atoms with Gasteiger partial charge in [-0.15, -0.1) is 0 Å². The highest BCUT2D eigenvalue weighted by atomic mass is 32.1. The number of rotatable bonds is 9. The maximum Gasteiger partial charge on any atom is 0.248 e. The zero-order valence-electron chi connectivity index (χ0n) is 24.7. The van der Waals surface area contributed by atoms with E-state index in [2.05, 4.69) is 97.1 Å². The van der Waals surface area contributed by atoms with Crippen molar-refractivity contribution in [1.82, 2.24) is 4.72 Å². The Morgan fingerprint density at radius 3 is 2.09 bits per heavy atom. The van der Waals surface area contributed by atoms with Crippen LogP contribution in [0.4, 0.5) is 20.2 Å². The average Bonchev–Trinajstić information content (AvgIpc) is 3.00. The predicted octanol–water partition coefficient (Wildman–Crippen LogP) is 8.05. The van der Waals surface area contributed by atoms with Crippen molar-refractivity contribution in [3.8, 4) is 11.1 Å². The van der Waals surface area contributed by atoms with Crippen LogP contribution in [-0.4, -0.2) is 25.3 Å². The van der Waals surface area contributed by atoms with Crippen LogP contribution in [0.2, 0.25) is 0 Å². The van der Waals surface area contributed by atoms with Gasteiger partial charge in [-0.3, -0.25) is 9.79 Å². The molecule has 0 bridgehead atoms. The molecule has 0 fully saturated rings. The van der Waals surface area contributed by atoms with Gasteiger partial charge < -0.3 is 14.9 Å². The standard InChI is InChI=1S/C35H36F2N4OS/c1-35(2,3)28-12-9-26(10-13-28)25-7-5-24(6-8-25)21-33(38-4)41(20-19-27-11-14-29(36)22-32(27)37)31-17-15-30(16-18-31)39-23-34(42)40-43/h5-20,22,39,43H,21,23H2,1-4H3,(H,40,42)/b20-19+,38-33?. The molecule has 0 radical (unpaired) electrons. The number of hydrogen-bond acceptors (Lipinski definition) is 4. The summed E-state index contributed by atoms with van der Waals surface area (Å²) in [4.78, 5) is 18.0. The van der Waals surface area contributed by atoms with Gasteiger partial charge in [0, 0.05) is 42.7 Å². The van der Waals surface area contributed by atoms with Crippen LogP contribution in [0.3, 0.4) is 0 Å². The molecule has 0 saturated heterocycles. The maximum absolute atomic E-state index is 14.4. The Bertz CT molecular complexity index is 1590. The second kappa shape index (κ2) is 14.2. The lowest BCUT2D eigenvalue weighted by Gasteiger charge is -2.23. The third-order valence-electron chi connectivity index (χ3n) is 7.03. The molecule has 0 spiro atoms. The molecule has 43 heavy (non-hydrogen) atoms. The number of nitrogens with one attached hydrogen (secondary N) is 2. The summed E-state index contributed by atoms with van der Waals surface area (Å²) in [6, 6.07) is 27.9. The summed E-state index contributed by atoms with van der Waals surface area (Å²) in [7, 11) is 1.71. The van der Waals surface area contributed by atoms with Crippen molar-refractivity contribution >= 4 is 42.0 Å². The third kappa shape index (κ3) is 8.55. The Morgan fingerprint density at radius 1 is 0.907 bits per heavy atom. The Kier molecular flexibility index (Phi) is 10.4. The Morgan fingerprint density at radius 2 is 1.53 bits per heavy atom. The summed E-state index contributed by atoms with van der Waals surface area (Å²) in [5.74, 6) is -0.826. The summed E-state index contributed by atoms with van der Waals surface area (Å²) in [5.41, 5.74) is 6.48. The summed E-state index contributed by atoms with van der Waals surface area (Å²) >= 11 is 3.77. The van der Waals surface area contributed by atoms with Crippen LogP contribution < -0.4 is 14.9 Å². The van der Waals surface area contributed by atoms with Crippen molar-refractivity contribution in [3.05, 3.63) is 126 Å². The molecule has 4 aromatic carbocycles. The zero-order valence-corrected chi connectivity index (χ0v) is 25.6. The number of anilines is 2. The SMILES string of the molecule is CN=C(Cc1ccc(-c2ccc(C(C)(C)C)cc2)cc1)N(/C=C/c1ccc(F)cc1F)c1ccc(NCC(=O)NS)cc1. The van der Waals surface area contributed by atoms with E-state index in [1.807, 2.05) is 29.2 Å². The quantitative estimate of drug-likeness (QED) is 0.104. The highest BCUT2D eigenvalue weighted by molar-refractivity contribution is 7.78. The van der Waals surface area contributed by atoms with Crippen LogP contribution in [-0.2, 0) is 16.6 Å². The Balaban J connectivity index is 1.58. The van der Waals surface area contributed by atoms with Crippen LogP contribution in [0.15, 0.2) is 102 Å². The molecule has 2 N–H and O–H groups in total. The lowest BCUT2D eigenvalue weighted by Crippen LogP contribution is -2.27. The summed E-state index contributed by atoms with van der Waals surface area (Å²) in [5, 5.41) is 3.03. The van der Waals surface area contributed by atoms with Gasteiger partial charge in [0.2, 0.25) is 5.91 Å². The van der Waals surface area contributed by atoms with Crippen molar-refractivity contribution in [2.24, 2.45) is 4.99 Å². The first-order chi connectivity index (χ1) is 20.6. The summed E-state index contributed by atoms with van der Waals surface area (Å²) < 4.78 is 30.2. The zero-order chi connectivity index (χ0) is 31.0. The smallest absolute Gasteiger partial charge is 0.248 e. The van der Waals surface area contributed by atoms with E-state index < -0.39 is 11.6 Å². The first-order valence-corrected chi connectivity index (χ1v) is 14.4. The first kappa shape index (κ1) is 31.5. The number of carbonyl (C=O) groups excluding carboxylic acids is 1. The molecule has 0 aliphatic carbocycles. The highest BCUT2D eigenvalue weighted by Crippen LogP contribution is 2.27. The van der Waals surface area contributed by atoms with Gasteiger partial charge in [-0.1, -0.05) is 82.1 Å². The number of halogens is 2. The van der Waals surface area contributed by atoms with Crippen LogP contribution in [0, 0.1) is 11.6 Å². The van der Waals surface area contributed by atoms with Crippen molar-refractivity contribution in [2.75, 3.05) is 23.8 Å². The molecule has 0 heterocycles. The lowest BCUT2D eigenvalue weighted by atomic mass is 9.86. The van der Waals surface area contributed by atoms with E-state index in [1.165, 1.54) is 17.7 Å². The van der Waals surface area contributed by atoms with E-state index >= 15 is 0 Å². The molecule has 0 aliphatic rings. The third-order valence-corrected chi connectivity index (χ3v) is 7.27. The van der Waals surface area contributed by atoms with E-state index in [4.69, 9.17) is 0 Å². The van der Waals surface area contributed by atoms with Gasteiger partial charge in [-0.05, 0) is 70.1 Å². The number of amides is 1. The number of benzene rings is 4. The molecule has 0 aromatic heterocycles. The number of nitrogens with zero attached hydrogens (tertiary/aromatic N) is 2. The fourth-order valence-corrected chi connectivity index (χ4v) is 4.59. The average molecular weight is 599 g/mol. The normalized spacial score (nSPS) is 11.9. The van der Waals surface area contributed by atoms with Crippen LogP contribution in [0.5, 0.6) is 0 Å². The van der Waals surface area contributed by atoms with Gasteiger partial charge >= 0.3 is 0 Å². The molecular formula is C35H36F2N4OS. The fourth-order valence-electron chi connectivity index (χ4n) is 4.51. The highest BCUT2D eigenvalue weighted by Gasteiger charge is 2.15. The molecule has 4 rings (SSSR count). The number of aliphatic imine (C=N–C) groups is 1. The van der Waals surface area contributed by atoms with Gasteiger partial charge in [0.15, 0.2) is 0 Å². The van der Waals surface area contributed by atoms with Gasteiger partial charge in [-0.25, -0.2) is 8.78 Å². The second-order valence-corrected chi connectivity index (χ2v) is 11.4. The molecule has 4 aromatic rings. The minimum Gasteiger partial charge on any atom is -0.376 e. The minimum atomic E-state index is -0.653. The Hall–Kier alpha value is -4.43. The van der Waals surface area contributed by atoms with E-state index in [9.17, 15) is 13.6 Å². The molecule has 8 heteroatoms. The Labute approximate surface area is 257 Å². The van der Waals surface area contributed by atoms with Crippen molar-refractivity contribution in [1.29, 1.82) is 0 Å². The van der Waals surface area contributed by atoms with Gasteiger partial charge in [0.05, 0.1) is 6.54 Å². The predicted molar refractivity (Wildman–Crippen MR) is 178 cm³/mol. The molecule has 0 unspecified atom stereocenters. The number of amidine groups is 1. The molecule has 5 nitrogen and oxygen atoms in total. The maximum atomic E-state index is 14.4. The van der Waals surface area contributed by atoms with Crippen LogP contribution >= 0.6 is 12.8 Å². The lowest BCUT2D eigenvalue weighted by molar-refractivity contribution is -0.117. The number of carbonyl (C=O) groups is 1. The fraction of sp³-hybridized carbons (Fsp3) is 0.200. The summed E-state index contributed by atoms with van der Waals surface area (Å²) in [6.45, 7) is 6.69. The second-order valence-electron chi connectivity index (χ2n) is 11.1. The van der Waals surface area contributed by atoms with E-state index in [0.29, 0.717) is 6.42 Å². The van der Waals surface area contributed by atoms with Crippen molar-refractivity contribution in [3.63, 3.8) is 0 Å². The van der Waals surface area contributed by atoms with Crippen LogP contribution in [0.1, 0.15) is 37.5 Å². The van der Waals surface area contributed by atoms with Crippen molar-refractivity contribution < 1.29 is 13.6 Å². The van der Waals surface area contributed by atoms with Crippen LogP contribution in [0.25, 0.3) is 17.2 Å². The molecule has 222 valence electrons. The number of hydrogen-bond donors (Lipinski definition) is 3. The summed E-state index contributed by atoms with van der Waals surface area (Å²) in [6.07, 6.45) is 3.83. The first-order valence-electron chi connectivity index (χ1n) is 13.9. The topological polar surface area (TPSA) is 56.7 Å². The molecular weight excluding hydrogens is 562 g/mol. The molecule has 0 aliphatic heterocycles. The minimum absolute atomic E-state index is 0.0781. The van der Waals surface area contributed by atoms with Gasteiger partial charge in [-0.2, -0.15) is 0 Å². The largest absolute Gasteiger partial charge is 0.376 e. The molecule has 1 amide bonds. The van der Waals surface area contributed by atoms with E-state index in [1.54, 1.807) is 19.3 Å². The van der Waals surface area contributed by atoms with Gasteiger partial charge in [0.1, 0.15) is 17.5 Å². The molecule has 0 atom stereocenters. The molecule has 0 saturated carbocycles. The van der Waals surface area contributed by atoms with Gasteiger partial charge in [0.25, 0.3) is 0 Å².